The first-order valence-corrected chi connectivity index (χ1v) is 7.92. The average molecular weight is 351 g/mol. The van der Waals surface area contributed by atoms with E-state index in [1.165, 1.54) is 12.1 Å². The molecule has 0 radical (unpaired) electrons. The molecular weight excluding hydrogens is 342 g/mol. The van der Waals surface area contributed by atoms with Gasteiger partial charge in [0, 0.05) is 20.5 Å². The van der Waals surface area contributed by atoms with Crippen molar-refractivity contribution in [2.75, 3.05) is 5.75 Å². The lowest BCUT2D eigenvalue weighted by molar-refractivity contribution is 0.0947. The van der Waals surface area contributed by atoms with Crippen molar-refractivity contribution in [1.82, 2.24) is 5.32 Å². The molecule has 1 heterocycles. The van der Waals surface area contributed by atoms with Gasteiger partial charge in [0.05, 0.1) is 11.8 Å². The van der Waals surface area contributed by atoms with Gasteiger partial charge in [0.1, 0.15) is 0 Å². The number of rotatable bonds is 2. The largest absolute Gasteiger partial charge is 0.345 e. The van der Waals surface area contributed by atoms with Crippen molar-refractivity contribution in [3.8, 4) is 0 Å². The van der Waals surface area contributed by atoms with Crippen LogP contribution in [0.15, 0.2) is 34.2 Å². The first-order chi connectivity index (χ1) is 8.35. The third-order valence-corrected chi connectivity index (χ3v) is 4.44. The molecule has 0 aromatic heterocycles. The van der Waals surface area contributed by atoms with Crippen LogP contribution in [0.5, 0.6) is 0 Å². The van der Waals surface area contributed by atoms with Crippen LogP contribution in [0.1, 0.15) is 10.4 Å². The lowest BCUT2D eigenvalue weighted by atomic mass is 10.2. The summed E-state index contributed by atoms with van der Waals surface area (Å²) in [4.78, 5) is 11.9. The number of hydrogen-bond acceptors (Lipinski definition) is 3. The fraction of sp³-hybridized carbons (Fsp3) is 0.182. The highest BCUT2D eigenvalue weighted by Gasteiger charge is 2.23. The number of sulfone groups is 1. The molecule has 1 aliphatic rings. The number of nitrogens with one attached hydrogen (secondary N) is 1. The molecule has 2 rings (SSSR count). The highest BCUT2D eigenvalue weighted by Crippen LogP contribution is 2.20. The SMILES string of the molecule is O=C(NC1C=CS(=O)(=O)C1)c1cc(Cl)cc(Br)c1. The fourth-order valence-corrected chi connectivity index (χ4v) is 3.70. The van der Waals surface area contributed by atoms with E-state index in [1.807, 2.05) is 0 Å². The Bertz CT molecular complexity index is 607. The first-order valence-electron chi connectivity index (χ1n) is 5.04. The predicted octanol–water partition coefficient (Wildman–Crippen LogP) is 2.14. The van der Waals surface area contributed by atoms with Crippen molar-refractivity contribution in [1.29, 1.82) is 0 Å². The lowest BCUT2D eigenvalue weighted by Gasteiger charge is -2.10. The molecule has 1 atom stereocenters. The first kappa shape index (κ1) is 13.6. The summed E-state index contributed by atoms with van der Waals surface area (Å²) in [7, 11) is -3.17. The summed E-state index contributed by atoms with van der Waals surface area (Å²) >= 11 is 9.07. The van der Waals surface area contributed by atoms with E-state index in [-0.39, 0.29) is 11.7 Å². The molecule has 1 N–H and O–H groups in total. The molecule has 0 spiro atoms. The summed E-state index contributed by atoms with van der Waals surface area (Å²) in [6.07, 6.45) is 1.47. The second-order valence-corrected chi connectivity index (χ2v) is 7.18. The summed E-state index contributed by atoms with van der Waals surface area (Å²) < 4.78 is 23.1. The molecule has 1 amide bonds. The van der Waals surface area contributed by atoms with Crippen molar-refractivity contribution in [2.45, 2.75) is 6.04 Å². The van der Waals surface area contributed by atoms with Crippen LogP contribution in [-0.4, -0.2) is 26.1 Å². The summed E-state index contributed by atoms with van der Waals surface area (Å²) in [6, 6.07) is 4.32. The van der Waals surface area contributed by atoms with E-state index in [9.17, 15) is 13.2 Å². The number of hydrogen-bond donors (Lipinski definition) is 1. The molecule has 0 saturated heterocycles. The Morgan fingerprint density at radius 3 is 2.67 bits per heavy atom. The van der Waals surface area contributed by atoms with Crippen molar-refractivity contribution in [3.05, 3.63) is 44.7 Å². The minimum atomic E-state index is -3.17. The summed E-state index contributed by atoms with van der Waals surface area (Å²) in [5.74, 6) is -0.453. The molecule has 0 saturated carbocycles. The Balaban J connectivity index is 2.11. The zero-order chi connectivity index (χ0) is 13.3. The second kappa shape index (κ2) is 5.03. The molecule has 1 aromatic rings. The second-order valence-electron chi connectivity index (χ2n) is 3.90. The van der Waals surface area contributed by atoms with Crippen molar-refractivity contribution in [3.63, 3.8) is 0 Å². The van der Waals surface area contributed by atoms with Gasteiger partial charge in [-0.1, -0.05) is 27.5 Å². The van der Waals surface area contributed by atoms with Gasteiger partial charge in [-0.3, -0.25) is 4.79 Å². The Labute approximate surface area is 118 Å². The zero-order valence-corrected chi connectivity index (χ0v) is 12.2. The predicted molar refractivity (Wildman–Crippen MR) is 73.3 cm³/mol. The van der Waals surface area contributed by atoms with Crippen LogP contribution in [-0.2, 0) is 9.84 Å². The summed E-state index contributed by atoms with van der Waals surface area (Å²) in [5.41, 5.74) is 0.382. The van der Waals surface area contributed by atoms with Crippen LogP contribution in [0.2, 0.25) is 5.02 Å². The van der Waals surface area contributed by atoms with Gasteiger partial charge < -0.3 is 5.32 Å². The summed E-state index contributed by atoms with van der Waals surface area (Å²) in [5, 5.41) is 4.17. The van der Waals surface area contributed by atoms with E-state index in [0.717, 1.165) is 5.41 Å². The maximum Gasteiger partial charge on any atom is 0.251 e. The van der Waals surface area contributed by atoms with Crippen LogP contribution >= 0.6 is 27.5 Å². The van der Waals surface area contributed by atoms with Crippen molar-refractivity contribution >= 4 is 43.3 Å². The third kappa shape index (κ3) is 3.34. The Kier molecular flexibility index (Phi) is 3.79. The normalized spacial score (nSPS) is 20.9. The molecule has 7 heteroatoms. The van der Waals surface area contributed by atoms with Gasteiger partial charge in [0.25, 0.3) is 5.91 Å². The quantitative estimate of drug-likeness (QED) is 0.889. The lowest BCUT2D eigenvalue weighted by Crippen LogP contribution is -2.35. The minimum absolute atomic E-state index is 0.0968. The van der Waals surface area contributed by atoms with Crippen molar-refractivity contribution in [2.24, 2.45) is 0 Å². The smallest absolute Gasteiger partial charge is 0.251 e. The Morgan fingerprint density at radius 2 is 2.11 bits per heavy atom. The van der Waals surface area contributed by atoms with Crippen molar-refractivity contribution < 1.29 is 13.2 Å². The topological polar surface area (TPSA) is 63.2 Å². The van der Waals surface area contributed by atoms with Gasteiger partial charge in [-0.05, 0) is 24.3 Å². The van der Waals surface area contributed by atoms with Gasteiger partial charge in [-0.15, -0.1) is 0 Å². The van der Waals surface area contributed by atoms with Crippen LogP contribution < -0.4 is 5.32 Å². The standard InChI is InChI=1S/C11H9BrClNO3S/c12-8-3-7(4-9(13)5-8)11(15)14-10-1-2-18(16,17)6-10/h1-5,10H,6H2,(H,14,15). The Hall–Kier alpha value is -0.850. The van der Waals surface area contributed by atoms with Gasteiger partial charge in [0.15, 0.2) is 9.84 Å². The van der Waals surface area contributed by atoms with Gasteiger partial charge in [-0.2, -0.15) is 0 Å². The van der Waals surface area contributed by atoms with Gasteiger partial charge >= 0.3 is 0 Å². The fourth-order valence-electron chi connectivity index (χ4n) is 1.60. The molecule has 0 fully saturated rings. The molecule has 1 aliphatic heterocycles. The number of carbonyl (C=O) groups excluding carboxylic acids is 1. The van der Waals surface area contributed by atoms with E-state index < -0.39 is 15.9 Å². The number of benzene rings is 1. The molecule has 18 heavy (non-hydrogen) atoms. The molecule has 0 aliphatic carbocycles. The molecular formula is C11H9BrClNO3S. The Morgan fingerprint density at radius 1 is 1.39 bits per heavy atom. The molecule has 96 valence electrons. The highest BCUT2D eigenvalue weighted by atomic mass is 79.9. The van der Waals surface area contributed by atoms with Crippen LogP contribution in [0.3, 0.4) is 0 Å². The van der Waals surface area contributed by atoms with E-state index >= 15 is 0 Å². The van der Waals surface area contributed by atoms with E-state index in [1.54, 1.807) is 12.1 Å². The maximum absolute atomic E-state index is 11.9. The zero-order valence-electron chi connectivity index (χ0n) is 9.06. The molecule has 1 aromatic carbocycles. The monoisotopic (exact) mass is 349 g/mol. The van der Waals surface area contributed by atoms with Gasteiger partial charge in [0.2, 0.25) is 0 Å². The molecule has 0 bridgehead atoms. The highest BCUT2D eigenvalue weighted by molar-refractivity contribution is 9.10. The van der Waals surface area contributed by atoms with E-state index in [0.29, 0.717) is 15.1 Å². The molecule has 1 unspecified atom stereocenters. The molecule has 4 nitrogen and oxygen atoms in total. The number of amides is 1. The van der Waals surface area contributed by atoms with Crippen LogP contribution in [0.25, 0.3) is 0 Å². The average Bonchev–Trinajstić information content (AvgIpc) is 2.56. The minimum Gasteiger partial charge on any atom is -0.345 e. The van der Waals surface area contributed by atoms with Crippen LogP contribution in [0, 0.1) is 0 Å². The third-order valence-electron chi connectivity index (χ3n) is 2.37. The van der Waals surface area contributed by atoms with Gasteiger partial charge in [-0.25, -0.2) is 8.42 Å². The maximum atomic E-state index is 11.9. The van der Waals surface area contributed by atoms with E-state index in [4.69, 9.17) is 11.6 Å². The number of carbonyl (C=O) groups is 1. The van der Waals surface area contributed by atoms with E-state index in [2.05, 4.69) is 21.2 Å². The number of halogens is 2. The summed E-state index contributed by atoms with van der Waals surface area (Å²) in [6.45, 7) is 0. The van der Waals surface area contributed by atoms with Crippen LogP contribution in [0.4, 0.5) is 0 Å².